The van der Waals surface area contributed by atoms with Crippen LogP contribution in [-0.4, -0.2) is 39.5 Å². The van der Waals surface area contributed by atoms with E-state index in [9.17, 15) is 27.2 Å². The number of hydrogen-bond acceptors (Lipinski definition) is 5. The van der Waals surface area contributed by atoms with E-state index in [1.165, 1.54) is 0 Å². The summed E-state index contributed by atoms with van der Waals surface area (Å²) in [5.41, 5.74) is -0.0180. The third kappa shape index (κ3) is 4.63. The molecule has 2 heterocycles. The number of H-pyrrole nitrogens is 1. The summed E-state index contributed by atoms with van der Waals surface area (Å²) in [5, 5.41) is 6.73. The van der Waals surface area contributed by atoms with E-state index in [4.69, 9.17) is 0 Å². The van der Waals surface area contributed by atoms with Crippen molar-refractivity contribution in [2.24, 2.45) is 5.10 Å². The normalized spacial score (nSPS) is 14.9. The van der Waals surface area contributed by atoms with Gasteiger partial charge in [0.1, 0.15) is 17.2 Å². The van der Waals surface area contributed by atoms with Gasteiger partial charge in [0.05, 0.1) is 17.1 Å². The number of benzene rings is 2. The smallest absolute Gasteiger partial charge is 0.268 e. The van der Waals surface area contributed by atoms with E-state index < -0.39 is 46.8 Å². The zero-order chi connectivity index (χ0) is 24.4. The van der Waals surface area contributed by atoms with Gasteiger partial charge in [0.15, 0.2) is 23.3 Å². The van der Waals surface area contributed by atoms with E-state index in [0.717, 1.165) is 5.52 Å². The lowest BCUT2D eigenvalue weighted by Gasteiger charge is -2.25. The molecule has 0 spiro atoms. The van der Waals surface area contributed by atoms with Crippen LogP contribution in [0.2, 0.25) is 0 Å². The Morgan fingerprint density at radius 1 is 1.18 bits per heavy atom. The second-order valence-corrected chi connectivity index (χ2v) is 8.50. The highest BCUT2D eigenvalue weighted by Gasteiger charge is 2.33. The van der Waals surface area contributed by atoms with Crippen molar-refractivity contribution in [3.05, 3.63) is 59.4 Å². The van der Waals surface area contributed by atoms with Crippen LogP contribution in [0.15, 0.2) is 35.4 Å². The van der Waals surface area contributed by atoms with Crippen LogP contribution in [0.4, 0.5) is 23.2 Å². The fourth-order valence-electron chi connectivity index (χ4n) is 3.53. The molecule has 0 unspecified atom stereocenters. The summed E-state index contributed by atoms with van der Waals surface area (Å²) in [4.78, 5) is 32.9. The van der Waals surface area contributed by atoms with E-state index in [1.807, 2.05) is 30.5 Å². The predicted molar refractivity (Wildman–Crippen MR) is 120 cm³/mol. The number of carbonyl (C=O) groups excluding carboxylic acids is 2. The molecule has 34 heavy (non-hydrogen) atoms. The number of hydrogen-bond donors (Lipinski definition) is 2. The van der Waals surface area contributed by atoms with Gasteiger partial charge in [-0.15, -0.1) is 0 Å². The maximum Gasteiger partial charge on any atom is 0.268 e. The Balaban J connectivity index is 1.64. The van der Waals surface area contributed by atoms with Crippen molar-refractivity contribution in [2.45, 2.75) is 25.3 Å². The Bertz CT molecular complexity index is 1240. The summed E-state index contributed by atoms with van der Waals surface area (Å²) in [6, 6.07) is 6.83. The average molecular weight is 493 g/mol. The van der Waals surface area contributed by atoms with E-state index in [1.54, 1.807) is 11.8 Å². The second kappa shape index (κ2) is 9.84. The Kier molecular flexibility index (Phi) is 6.87. The van der Waals surface area contributed by atoms with Crippen molar-refractivity contribution in [1.29, 1.82) is 0 Å². The minimum atomic E-state index is -1.78. The maximum atomic E-state index is 14.2. The lowest BCUT2D eigenvalue weighted by Crippen LogP contribution is -2.41. The van der Waals surface area contributed by atoms with Crippen LogP contribution in [0, 0.1) is 23.3 Å². The number of aromatic amines is 1. The van der Waals surface area contributed by atoms with Crippen molar-refractivity contribution in [3.8, 4) is 0 Å². The van der Waals surface area contributed by atoms with Gasteiger partial charge in [-0.3, -0.25) is 9.59 Å². The van der Waals surface area contributed by atoms with E-state index >= 15 is 0 Å². The van der Waals surface area contributed by atoms with Gasteiger partial charge in [-0.1, -0.05) is 12.1 Å². The summed E-state index contributed by atoms with van der Waals surface area (Å²) in [6.07, 6.45) is 1.98. The van der Waals surface area contributed by atoms with E-state index in [-0.39, 0.29) is 29.6 Å². The van der Waals surface area contributed by atoms with Crippen LogP contribution in [0.25, 0.3) is 11.0 Å². The number of hydrazone groups is 1. The Labute approximate surface area is 195 Å². The van der Waals surface area contributed by atoms with Crippen LogP contribution in [0.1, 0.15) is 31.1 Å². The average Bonchev–Trinajstić information content (AvgIpc) is 3.26. The van der Waals surface area contributed by atoms with Crippen molar-refractivity contribution >= 4 is 46.0 Å². The molecular formula is C22H19F4N5O2S. The number of para-hydroxylation sites is 2. The molecule has 0 radical (unpaired) electrons. The predicted octanol–water partition coefficient (Wildman–Crippen LogP) is 4.21. The molecular weight excluding hydrogens is 474 g/mol. The maximum absolute atomic E-state index is 14.2. The van der Waals surface area contributed by atoms with Crippen LogP contribution >= 0.6 is 11.8 Å². The molecule has 178 valence electrons. The molecule has 0 saturated carbocycles. The number of anilines is 1. The molecule has 0 fully saturated rings. The van der Waals surface area contributed by atoms with Crippen molar-refractivity contribution in [2.75, 3.05) is 17.0 Å². The summed E-state index contributed by atoms with van der Waals surface area (Å²) in [6.45, 7) is 0. The molecule has 0 aliphatic carbocycles. The number of thioether (sulfide) groups is 1. The first-order valence-corrected chi connectivity index (χ1v) is 11.7. The quantitative estimate of drug-likeness (QED) is 0.381. The minimum absolute atomic E-state index is 0.0313. The van der Waals surface area contributed by atoms with Gasteiger partial charge >= 0.3 is 0 Å². The third-order valence-electron chi connectivity index (χ3n) is 5.25. The zero-order valence-electron chi connectivity index (χ0n) is 17.9. The molecule has 1 atom stereocenters. The Morgan fingerprint density at radius 3 is 2.56 bits per heavy atom. The summed E-state index contributed by atoms with van der Waals surface area (Å²) >= 11 is 1.57. The molecule has 0 bridgehead atoms. The van der Waals surface area contributed by atoms with Crippen LogP contribution in [0.5, 0.6) is 0 Å². The van der Waals surface area contributed by atoms with Crippen LogP contribution in [-0.2, 0) is 9.59 Å². The number of nitrogens with zero attached hydrogens (tertiary/aromatic N) is 3. The number of imidazole rings is 1. The fourth-order valence-corrected chi connectivity index (χ4v) is 4.00. The summed E-state index contributed by atoms with van der Waals surface area (Å²) in [7, 11) is 0. The molecule has 2 aromatic carbocycles. The summed E-state index contributed by atoms with van der Waals surface area (Å²) < 4.78 is 55.8. The molecule has 2 N–H and O–H groups in total. The molecule has 1 aliphatic rings. The van der Waals surface area contributed by atoms with Gasteiger partial charge < -0.3 is 10.3 Å². The van der Waals surface area contributed by atoms with Gasteiger partial charge in [0.25, 0.3) is 5.91 Å². The third-order valence-corrected chi connectivity index (χ3v) is 5.89. The number of amides is 2. The first-order chi connectivity index (χ1) is 16.3. The van der Waals surface area contributed by atoms with E-state index in [2.05, 4.69) is 20.4 Å². The molecule has 0 saturated heterocycles. The highest BCUT2D eigenvalue weighted by atomic mass is 32.2. The number of nitrogens with one attached hydrogen (secondary N) is 2. The second-order valence-electron chi connectivity index (χ2n) is 7.52. The number of rotatable bonds is 7. The molecule has 12 heteroatoms. The van der Waals surface area contributed by atoms with Crippen LogP contribution in [0.3, 0.4) is 0 Å². The fraction of sp³-hybridized carbons (Fsp3) is 0.273. The lowest BCUT2D eigenvalue weighted by atomic mass is 10.1. The van der Waals surface area contributed by atoms with Gasteiger partial charge in [-0.25, -0.2) is 22.5 Å². The van der Waals surface area contributed by atoms with Crippen molar-refractivity contribution in [1.82, 2.24) is 15.3 Å². The van der Waals surface area contributed by atoms with E-state index in [0.29, 0.717) is 23.5 Å². The number of halogens is 4. The first kappa shape index (κ1) is 23.7. The number of fused-ring (bicyclic) bond motifs is 1. The summed E-state index contributed by atoms with van der Waals surface area (Å²) in [5.74, 6) is -7.32. The van der Waals surface area contributed by atoms with Crippen LogP contribution < -0.4 is 10.3 Å². The number of carbonyl (C=O) groups is 2. The number of aromatic nitrogens is 2. The minimum Gasteiger partial charge on any atom is -0.341 e. The van der Waals surface area contributed by atoms with Gasteiger partial charge in [-0.05, 0) is 30.6 Å². The topological polar surface area (TPSA) is 90.4 Å². The monoisotopic (exact) mass is 493 g/mol. The molecule has 1 aromatic heterocycles. The molecule has 7 nitrogen and oxygen atoms in total. The highest BCUT2D eigenvalue weighted by molar-refractivity contribution is 7.98. The van der Waals surface area contributed by atoms with Gasteiger partial charge in [-0.2, -0.15) is 21.9 Å². The van der Waals surface area contributed by atoms with Gasteiger partial charge in [0, 0.05) is 18.9 Å². The first-order valence-electron chi connectivity index (χ1n) is 10.3. The molecule has 2 amide bonds. The standard InChI is InChI=1S/C22H19F4N5O2S/c1-34-9-8-15(21-27-13-4-2-3-5-14(13)28-21)29-22(33)16-6-7-17(32)31(30-16)20-18(25)11(23)10-12(24)19(20)26/h2-5,10,15H,6-9H2,1H3,(H,27,28)(H,29,33)/t15-/m1/s1. The largest absolute Gasteiger partial charge is 0.341 e. The van der Waals surface area contributed by atoms with Gasteiger partial charge in [0.2, 0.25) is 5.91 Å². The zero-order valence-corrected chi connectivity index (χ0v) is 18.7. The SMILES string of the molecule is CSCC[C@@H](NC(=O)C1=NN(c2c(F)c(F)cc(F)c2F)C(=O)CC1)c1nc2ccccc2[nH]1. The molecule has 3 aromatic rings. The lowest BCUT2D eigenvalue weighted by molar-refractivity contribution is -0.119. The van der Waals surface area contributed by atoms with Crippen molar-refractivity contribution < 1.29 is 27.2 Å². The molecule has 1 aliphatic heterocycles. The Hall–Kier alpha value is -3.41. The highest BCUT2D eigenvalue weighted by Crippen LogP contribution is 2.30. The van der Waals surface area contributed by atoms with Crippen molar-refractivity contribution in [3.63, 3.8) is 0 Å². The Morgan fingerprint density at radius 2 is 1.88 bits per heavy atom. The molecule has 4 rings (SSSR count).